The molecule has 0 aliphatic heterocycles. The number of aromatic nitrogens is 2. The van der Waals surface area contributed by atoms with Crippen LogP contribution in [0, 0.1) is 0 Å². The van der Waals surface area contributed by atoms with Gasteiger partial charge >= 0.3 is 0 Å². The molecule has 6 heteroatoms. The molecule has 3 aromatic rings. The summed E-state index contributed by atoms with van der Waals surface area (Å²) < 4.78 is 7.22. The van der Waals surface area contributed by atoms with Crippen LogP contribution in [-0.2, 0) is 0 Å². The number of aromatic amines is 1. The molecule has 0 spiro atoms. The summed E-state index contributed by atoms with van der Waals surface area (Å²) in [6.07, 6.45) is 4.55. The number of aromatic hydroxyl groups is 1. The normalized spacial score (nSPS) is 12.6. The van der Waals surface area contributed by atoms with E-state index in [4.69, 9.17) is 4.74 Å². The fourth-order valence-electron chi connectivity index (χ4n) is 2.72. The summed E-state index contributed by atoms with van der Waals surface area (Å²) >= 11 is 3.31. The van der Waals surface area contributed by atoms with E-state index in [1.807, 2.05) is 43.3 Å². The number of halogens is 1. The number of nitrogens with zero attached hydrogens (tertiary/aromatic N) is 1. The summed E-state index contributed by atoms with van der Waals surface area (Å²) in [6.45, 7) is 2.02. The van der Waals surface area contributed by atoms with E-state index in [0.717, 1.165) is 23.0 Å². The molecule has 0 aliphatic carbocycles. The summed E-state index contributed by atoms with van der Waals surface area (Å²) in [6, 6.07) is 12.9. The predicted octanol–water partition coefficient (Wildman–Crippen LogP) is 2.66. The Balaban J connectivity index is 2.27. The molecule has 0 atom stereocenters. The molecule has 3 rings (SSSR count). The third kappa shape index (κ3) is 3.46. The van der Waals surface area contributed by atoms with E-state index in [-0.39, 0.29) is 11.3 Å². The Morgan fingerprint density at radius 3 is 2.65 bits per heavy atom. The summed E-state index contributed by atoms with van der Waals surface area (Å²) in [5.74, 6) is 0.367. The molecule has 2 N–H and O–H groups in total. The number of hydrogen-bond donors (Lipinski definition) is 2. The first-order valence-corrected chi connectivity index (χ1v) is 8.99. The van der Waals surface area contributed by atoms with Crippen molar-refractivity contribution < 1.29 is 9.84 Å². The second kappa shape index (κ2) is 7.66. The molecule has 0 radical (unpaired) electrons. The van der Waals surface area contributed by atoms with E-state index in [9.17, 15) is 9.90 Å². The van der Waals surface area contributed by atoms with Crippen LogP contribution in [0.4, 0.5) is 0 Å². The van der Waals surface area contributed by atoms with E-state index in [0.29, 0.717) is 15.4 Å². The van der Waals surface area contributed by atoms with Crippen molar-refractivity contribution in [2.45, 2.75) is 13.3 Å². The van der Waals surface area contributed by atoms with Gasteiger partial charge in [0.15, 0.2) is 11.5 Å². The zero-order valence-electron chi connectivity index (χ0n) is 14.5. The van der Waals surface area contributed by atoms with Crippen LogP contribution >= 0.6 is 15.9 Å². The largest absolute Gasteiger partial charge is 0.503 e. The lowest BCUT2D eigenvalue weighted by molar-refractivity contribution is 0.372. The van der Waals surface area contributed by atoms with Gasteiger partial charge in [-0.2, -0.15) is 0 Å². The average molecular weight is 415 g/mol. The Labute approximate surface area is 159 Å². The van der Waals surface area contributed by atoms with Crippen molar-refractivity contribution in [1.82, 2.24) is 9.78 Å². The number of methoxy groups -OCH3 is 1. The van der Waals surface area contributed by atoms with E-state index in [2.05, 4.69) is 21.0 Å². The monoisotopic (exact) mass is 414 g/mol. The van der Waals surface area contributed by atoms with Gasteiger partial charge in [0.1, 0.15) is 0 Å². The van der Waals surface area contributed by atoms with Gasteiger partial charge in [0.25, 0.3) is 5.56 Å². The van der Waals surface area contributed by atoms with Gasteiger partial charge in [0, 0.05) is 0 Å². The molecule has 0 amide bonds. The van der Waals surface area contributed by atoms with E-state index >= 15 is 0 Å². The summed E-state index contributed by atoms with van der Waals surface area (Å²) in [4.78, 5) is 13.0. The highest BCUT2D eigenvalue weighted by Crippen LogP contribution is 2.35. The Morgan fingerprint density at radius 2 is 2.00 bits per heavy atom. The molecule has 0 bridgehead atoms. The highest BCUT2D eigenvalue weighted by Gasteiger charge is 2.09. The maximum Gasteiger partial charge on any atom is 0.279 e. The van der Waals surface area contributed by atoms with Crippen LogP contribution in [0.3, 0.4) is 0 Å². The minimum absolute atomic E-state index is 0.0285. The van der Waals surface area contributed by atoms with Crippen LogP contribution in [0.15, 0.2) is 51.7 Å². The molecule has 0 fully saturated rings. The number of phenols is 1. The van der Waals surface area contributed by atoms with Crippen LogP contribution in [-0.4, -0.2) is 22.0 Å². The first kappa shape index (κ1) is 18.1. The highest BCUT2D eigenvalue weighted by molar-refractivity contribution is 9.10. The van der Waals surface area contributed by atoms with E-state index in [1.54, 1.807) is 18.2 Å². The summed E-state index contributed by atoms with van der Waals surface area (Å²) in [5, 5.41) is 14.4. The van der Waals surface area contributed by atoms with Crippen molar-refractivity contribution in [3.05, 3.63) is 73.4 Å². The topological polar surface area (TPSA) is 67.2 Å². The third-order valence-electron chi connectivity index (χ3n) is 3.96. The van der Waals surface area contributed by atoms with Crippen molar-refractivity contribution >= 4 is 28.1 Å². The SMILES string of the molecule is CCC=c1[nH]n(-c2ccccc2)c(=O)c1=Cc1cc(Br)c(O)c(OC)c1. The van der Waals surface area contributed by atoms with Gasteiger partial charge in [-0.15, -0.1) is 0 Å². The zero-order valence-corrected chi connectivity index (χ0v) is 16.1. The number of phenolic OH excluding ortho intramolecular Hbond substituents is 1. The van der Waals surface area contributed by atoms with Crippen molar-refractivity contribution in [3.8, 4) is 17.2 Å². The quantitative estimate of drug-likeness (QED) is 0.689. The highest BCUT2D eigenvalue weighted by atomic mass is 79.9. The standard InChI is InChI=1S/C20H19BrN2O3/c1-3-7-17-15(10-13-11-16(21)19(24)18(12-13)26-2)20(25)23(22-17)14-8-5-4-6-9-14/h4-12,22,24H,3H2,1-2H3. The van der Waals surface area contributed by atoms with Crippen LogP contribution < -0.4 is 20.9 Å². The number of para-hydroxylation sites is 1. The fraction of sp³-hybridized carbons (Fsp3) is 0.150. The van der Waals surface area contributed by atoms with Gasteiger partial charge < -0.3 is 9.84 Å². The second-order valence-corrected chi connectivity index (χ2v) is 6.58. The fourth-order valence-corrected chi connectivity index (χ4v) is 3.18. The molecular weight excluding hydrogens is 396 g/mol. The Kier molecular flexibility index (Phi) is 5.32. The average Bonchev–Trinajstić information content (AvgIpc) is 2.95. The molecule has 0 unspecified atom stereocenters. The first-order valence-electron chi connectivity index (χ1n) is 8.20. The van der Waals surface area contributed by atoms with Gasteiger partial charge in [-0.1, -0.05) is 31.2 Å². The zero-order chi connectivity index (χ0) is 18.7. The third-order valence-corrected chi connectivity index (χ3v) is 4.56. The Bertz CT molecular complexity index is 1100. The lowest BCUT2D eigenvalue weighted by atomic mass is 10.1. The Morgan fingerprint density at radius 1 is 1.27 bits per heavy atom. The maximum absolute atomic E-state index is 13.0. The van der Waals surface area contributed by atoms with Gasteiger partial charge in [-0.3, -0.25) is 9.89 Å². The van der Waals surface area contributed by atoms with Gasteiger partial charge in [0.2, 0.25) is 0 Å². The molecular formula is C20H19BrN2O3. The molecule has 5 nitrogen and oxygen atoms in total. The van der Waals surface area contributed by atoms with Crippen LogP contribution in [0.1, 0.15) is 18.9 Å². The maximum atomic E-state index is 13.0. The molecule has 0 aliphatic rings. The number of H-pyrrole nitrogens is 1. The molecule has 134 valence electrons. The number of nitrogens with one attached hydrogen (secondary N) is 1. The molecule has 2 aromatic carbocycles. The molecule has 1 aromatic heterocycles. The minimum Gasteiger partial charge on any atom is -0.503 e. The van der Waals surface area contributed by atoms with Crippen molar-refractivity contribution in [1.29, 1.82) is 0 Å². The Hall–Kier alpha value is -2.73. The number of hydrogen-bond acceptors (Lipinski definition) is 3. The number of ether oxygens (including phenoxy) is 1. The predicted molar refractivity (Wildman–Crippen MR) is 106 cm³/mol. The van der Waals surface area contributed by atoms with Gasteiger partial charge in [0.05, 0.1) is 27.8 Å². The van der Waals surface area contributed by atoms with Gasteiger partial charge in [-0.25, -0.2) is 4.68 Å². The summed E-state index contributed by atoms with van der Waals surface area (Å²) in [5.41, 5.74) is 1.38. The lowest BCUT2D eigenvalue weighted by Crippen LogP contribution is -2.34. The molecule has 0 saturated heterocycles. The first-order chi connectivity index (χ1) is 12.5. The van der Waals surface area contributed by atoms with Gasteiger partial charge in [-0.05, 0) is 58.3 Å². The smallest absolute Gasteiger partial charge is 0.279 e. The van der Waals surface area contributed by atoms with Crippen molar-refractivity contribution in [3.63, 3.8) is 0 Å². The molecule has 0 saturated carbocycles. The minimum atomic E-state index is -0.140. The molecule has 26 heavy (non-hydrogen) atoms. The van der Waals surface area contributed by atoms with E-state index < -0.39 is 0 Å². The lowest BCUT2D eigenvalue weighted by Gasteiger charge is -2.06. The van der Waals surface area contributed by atoms with Crippen LogP contribution in [0.25, 0.3) is 17.8 Å². The van der Waals surface area contributed by atoms with E-state index in [1.165, 1.54) is 11.8 Å². The number of rotatable bonds is 4. The van der Waals surface area contributed by atoms with Crippen molar-refractivity contribution in [2.75, 3.05) is 7.11 Å². The van der Waals surface area contributed by atoms with Crippen LogP contribution in [0.5, 0.6) is 11.5 Å². The van der Waals surface area contributed by atoms with Crippen LogP contribution in [0.2, 0.25) is 0 Å². The van der Waals surface area contributed by atoms with Crippen molar-refractivity contribution in [2.24, 2.45) is 0 Å². The second-order valence-electron chi connectivity index (χ2n) is 5.73. The summed E-state index contributed by atoms with van der Waals surface area (Å²) in [7, 11) is 1.49. The number of benzene rings is 2. The molecule has 1 heterocycles.